The number of benzene rings is 2. The summed E-state index contributed by atoms with van der Waals surface area (Å²) in [6, 6.07) is 9.55. The van der Waals surface area contributed by atoms with Gasteiger partial charge in [0.2, 0.25) is 5.82 Å². The first kappa shape index (κ1) is 17.5. The van der Waals surface area contributed by atoms with Crippen LogP contribution in [0.15, 0.2) is 53.4 Å². The number of thiazole rings is 1. The molecule has 3 aromatic rings. The smallest absolute Gasteiger partial charge is 0.306 e. The maximum absolute atomic E-state index is 13.3. The van der Waals surface area contributed by atoms with Crippen LogP contribution in [0.3, 0.4) is 0 Å². The van der Waals surface area contributed by atoms with Crippen molar-refractivity contribution in [2.45, 2.75) is 6.61 Å². The molecule has 2 aromatic carbocycles. The number of anilines is 1. The molecule has 0 saturated heterocycles. The van der Waals surface area contributed by atoms with Crippen LogP contribution in [0.4, 0.5) is 15.8 Å². The number of nitrogens with zero attached hydrogens (tertiary/aromatic N) is 2. The minimum absolute atomic E-state index is 0.131. The Morgan fingerprint density at radius 1 is 1.27 bits per heavy atom. The second-order valence-electron chi connectivity index (χ2n) is 5.17. The van der Waals surface area contributed by atoms with Gasteiger partial charge in [-0.25, -0.2) is 4.98 Å². The zero-order chi connectivity index (χ0) is 18.5. The maximum Gasteiger partial charge on any atom is 0.306 e. The van der Waals surface area contributed by atoms with Crippen LogP contribution in [0.1, 0.15) is 16.1 Å². The van der Waals surface area contributed by atoms with E-state index in [1.807, 2.05) is 5.38 Å². The largest absolute Gasteiger partial charge is 0.487 e. The summed E-state index contributed by atoms with van der Waals surface area (Å²) in [6.45, 7) is 0.328. The second-order valence-corrected chi connectivity index (χ2v) is 5.89. The van der Waals surface area contributed by atoms with Gasteiger partial charge in [0.1, 0.15) is 12.4 Å². The number of hydrogen-bond donors (Lipinski definition) is 1. The molecule has 0 bridgehead atoms. The Bertz CT molecular complexity index is 930. The summed E-state index contributed by atoms with van der Waals surface area (Å²) in [5, 5.41) is 15.1. The summed E-state index contributed by atoms with van der Waals surface area (Å²) >= 11 is 1.48. The molecule has 1 amide bonds. The number of amides is 1. The van der Waals surface area contributed by atoms with Gasteiger partial charge in [-0.15, -0.1) is 11.3 Å². The fourth-order valence-corrected chi connectivity index (χ4v) is 2.65. The van der Waals surface area contributed by atoms with Crippen LogP contribution in [-0.2, 0) is 6.61 Å². The fourth-order valence-electron chi connectivity index (χ4n) is 2.10. The van der Waals surface area contributed by atoms with Crippen molar-refractivity contribution < 1.29 is 18.8 Å². The molecule has 3 rings (SSSR count). The van der Waals surface area contributed by atoms with E-state index in [1.165, 1.54) is 17.4 Å². The van der Waals surface area contributed by atoms with Gasteiger partial charge >= 0.3 is 5.69 Å². The normalized spacial score (nSPS) is 10.3. The van der Waals surface area contributed by atoms with Gasteiger partial charge in [-0.1, -0.05) is 0 Å². The van der Waals surface area contributed by atoms with Gasteiger partial charge in [0.25, 0.3) is 5.91 Å². The quantitative estimate of drug-likeness (QED) is 0.520. The average molecular weight is 373 g/mol. The van der Waals surface area contributed by atoms with Gasteiger partial charge in [0.15, 0.2) is 0 Å². The van der Waals surface area contributed by atoms with Crippen molar-refractivity contribution in [3.8, 4) is 5.75 Å². The van der Waals surface area contributed by atoms with Gasteiger partial charge in [-0.3, -0.25) is 14.9 Å². The van der Waals surface area contributed by atoms with Gasteiger partial charge in [-0.2, -0.15) is 4.39 Å². The number of nitro benzene ring substituents is 1. The standard InChI is InChI=1S/C17H12FN3O4S/c18-15-6-3-12(7-16(15)21(23)24)20-17(22)11-1-4-14(5-2-11)25-8-13-9-26-10-19-13/h1-7,9-10H,8H2,(H,20,22). The van der Waals surface area contributed by atoms with Crippen molar-refractivity contribution in [3.63, 3.8) is 0 Å². The van der Waals surface area contributed by atoms with E-state index in [9.17, 15) is 19.3 Å². The summed E-state index contributed by atoms with van der Waals surface area (Å²) in [5.41, 5.74) is 2.29. The Morgan fingerprint density at radius 3 is 2.69 bits per heavy atom. The first-order valence-electron chi connectivity index (χ1n) is 7.38. The lowest BCUT2D eigenvalue weighted by molar-refractivity contribution is -0.387. The Hall–Kier alpha value is -3.33. The van der Waals surface area contributed by atoms with E-state index in [0.29, 0.717) is 17.9 Å². The predicted octanol–water partition coefficient (Wildman–Crippen LogP) is 4.02. The van der Waals surface area contributed by atoms with Crippen LogP contribution >= 0.6 is 11.3 Å². The summed E-state index contributed by atoms with van der Waals surface area (Å²) in [6.07, 6.45) is 0. The maximum atomic E-state index is 13.3. The van der Waals surface area contributed by atoms with Crippen molar-refractivity contribution in [1.82, 2.24) is 4.98 Å². The molecule has 0 spiro atoms. The van der Waals surface area contributed by atoms with Gasteiger partial charge in [0, 0.05) is 22.7 Å². The SMILES string of the molecule is O=C(Nc1ccc(F)c([N+](=O)[O-])c1)c1ccc(OCc2cscn2)cc1. The third-order valence-corrected chi connectivity index (χ3v) is 4.02. The van der Waals surface area contributed by atoms with Crippen molar-refractivity contribution in [2.24, 2.45) is 0 Å². The molecule has 0 aliphatic heterocycles. The summed E-state index contributed by atoms with van der Waals surface area (Å²) < 4.78 is 18.9. The van der Waals surface area contributed by atoms with E-state index < -0.39 is 22.3 Å². The molecule has 1 N–H and O–H groups in total. The molecule has 0 aliphatic carbocycles. The molecule has 132 valence electrons. The van der Waals surface area contributed by atoms with Crippen LogP contribution in [-0.4, -0.2) is 15.8 Å². The first-order valence-corrected chi connectivity index (χ1v) is 8.32. The predicted molar refractivity (Wildman–Crippen MR) is 93.9 cm³/mol. The molecule has 7 nitrogen and oxygen atoms in total. The van der Waals surface area contributed by atoms with Crippen molar-refractivity contribution in [3.05, 3.63) is 80.5 Å². The summed E-state index contributed by atoms with van der Waals surface area (Å²) in [4.78, 5) is 26.2. The van der Waals surface area contributed by atoms with E-state index in [0.717, 1.165) is 17.8 Å². The highest BCUT2D eigenvalue weighted by Crippen LogP contribution is 2.22. The number of carbonyl (C=O) groups is 1. The molecular formula is C17H12FN3O4S. The topological polar surface area (TPSA) is 94.4 Å². The van der Waals surface area contributed by atoms with Crippen molar-refractivity contribution >= 4 is 28.6 Å². The molecule has 0 unspecified atom stereocenters. The van der Waals surface area contributed by atoms with Gasteiger partial charge < -0.3 is 10.1 Å². The van der Waals surface area contributed by atoms with Crippen LogP contribution in [0, 0.1) is 15.9 Å². The third-order valence-electron chi connectivity index (χ3n) is 3.39. The highest BCUT2D eigenvalue weighted by Gasteiger charge is 2.15. The number of rotatable bonds is 6. The monoisotopic (exact) mass is 373 g/mol. The lowest BCUT2D eigenvalue weighted by Gasteiger charge is -2.07. The average Bonchev–Trinajstić information content (AvgIpc) is 3.15. The Kier molecular flexibility index (Phi) is 5.18. The van der Waals surface area contributed by atoms with E-state index in [2.05, 4.69) is 10.3 Å². The lowest BCUT2D eigenvalue weighted by Crippen LogP contribution is -2.12. The van der Waals surface area contributed by atoms with Crippen LogP contribution in [0.25, 0.3) is 0 Å². The molecule has 26 heavy (non-hydrogen) atoms. The Balaban J connectivity index is 1.64. The minimum atomic E-state index is -0.963. The summed E-state index contributed by atoms with van der Waals surface area (Å²) in [7, 11) is 0. The van der Waals surface area contributed by atoms with Crippen LogP contribution in [0.2, 0.25) is 0 Å². The molecule has 0 aliphatic rings. The molecule has 0 saturated carbocycles. The Morgan fingerprint density at radius 2 is 2.04 bits per heavy atom. The molecule has 1 heterocycles. The number of nitrogens with one attached hydrogen (secondary N) is 1. The molecule has 0 atom stereocenters. The van der Waals surface area contributed by atoms with Crippen LogP contribution in [0.5, 0.6) is 5.75 Å². The number of nitro groups is 1. The zero-order valence-corrected chi connectivity index (χ0v) is 14.0. The summed E-state index contributed by atoms with van der Waals surface area (Å²) in [5.74, 6) is -0.862. The third kappa shape index (κ3) is 4.19. The van der Waals surface area contributed by atoms with Gasteiger partial charge in [0.05, 0.1) is 16.1 Å². The number of halogens is 1. The molecule has 9 heteroatoms. The molecule has 0 radical (unpaired) electrons. The zero-order valence-electron chi connectivity index (χ0n) is 13.2. The Labute approximate surface area is 151 Å². The van der Waals surface area contributed by atoms with Crippen LogP contribution < -0.4 is 10.1 Å². The first-order chi connectivity index (χ1) is 12.5. The van der Waals surface area contributed by atoms with E-state index >= 15 is 0 Å². The highest BCUT2D eigenvalue weighted by atomic mass is 32.1. The van der Waals surface area contributed by atoms with E-state index in [4.69, 9.17) is 4.74 Å². The van der Waals surface area contributed by atoms with E-state index in [-0.39, 0.29) is 5.69 Å². The lowest BCUT2D eigenvalue weighted by atomic mass is 10.2. The highest BCUT2D eigenvalue weighted by molar-refractivity contribution is 7.07. The van der Waals surface area contributed by atoms with Gasteiger partial charge in [-0.05, 0) is 36.4 Å². The minimum Gasteiger partial charge on any atom is -0.487 e. The molecule has 0 fully saturated rings. The second kappa shape index (κ2) is 7.70. The number of ether oxygens (including phenoxy) is 1. The van der Waals surface area contributed by atoms with Crippen molar-refractivity contribution in [2.75, 3.05) is 5.32 Å². The number of hydrogen-bond acceptors (Lipinski definition) is 6. The molecular weight excluding hydrogens is 361 g/mol. The number of aromatic nitrogens is 1. The fraction of sp³-hybridized carbons (Fsp3) is 0.0588. The molecule has 1 aromatic heterocycles. The van der Waals surface area contributed by atoms with Crippen molar-refractivity contribution in [1.29, 1.82) is 0 Å². The number of carbonyl (C=O) groups excluding carboxylic acids is 1. The van der Waals surface area contributed by atoms with E-state index in [1.54, 1.807) is 29.8 Å².